The van der Waals surface area contributed by atoms with Gasteiger partial charge in [-0.15, -0.1) is 0 Å². The van der Waals surface area contributed by atoms with Gasteiger partial charge in [-0.3, -0.25) is 9.59 Å². The average Bonchev–Trinajstić information content (AvgIpc) is 2.87. The minimum atomic E-state index is -0.115. The summed E-state index contributed by atoms with van der Waals surface area (Å²) in [7, 11) is 0. The van der Waals surface area contributed by atoms with Crippen molar-refractivity contribution in [1.29, 1.82) is 0 Å². The molecule has 2 amide bonds. The van der Waals surface area contributed by atoms with Crippen LogP contribution in [0.15, 0.2) is 47.9 Å². The Hall–Kier alpha value is -2.41. The van der Waals surface area contributed by atoms with Crippen LogP contribution in [0.5, 0.6) is 0 Å². The van der Waals surface area contributed by atoms with E-state index in [2.05, 4.69) is 16.9 Å². The molecule has 1 aromatic carbocycles. The lowest BCUT2D eigenvalue weighted by Gasteiger charge is -2.31. The molecular weight excluding hydrogens is 360 g/mol. The smallest absolute Gasteiger partial charge is 0.257 e. The number of aromatic nitrogens is 2. The molecule has 0 radical (unpaired) electrons. The zero-order valence-corrected chi connectivity index (χ0v) is 16.5. The predicted octanol–water partition coefficient (Wildman–Crippen LogP) is 2.85. The summed E-state index contributed by atoms with van der Waals surface area (Å²) in [6, 6.07) is 9.97. The molecule has 27 heavy (non-hydrogen) atoms. The molecule has 0 bridgehead atoms. The summed E-state index contributed by atoms with van der Waals surface area (Å²) in [5.74, 6) is -0.0227. The molecule has 2 aromatic rings. The largest absolute Gasteiger partial charge is 0.336 e. The highest BCUT2D eigenvalue weighted by atomic mass is 32.2. The second-order valence-electron chi connectivity index (χ2n) is 6.53. The molecule has 1 saturated heterocycles. The van der Waals surface area contributed by atoms with Crippen molar-refractivity contribution in [1.82, 2.24) is 19.8 Å². The minimum Gasteiger partial charge on any atom is -0.336 e. The Morgan fingerprint density at radius 1 is 1.22 bits per heavy atom. The van der Waals surface area contributed by atoms with Crippen LogP contribution in [0.1, 0.15) is 35.7 Å². The summed E-state index contributed by atoms with van der Waals surface area (Å²) in [5, 5.41) is 0.637. The fraction of sp³-hybridized carbons (Fsp3) is 0.400. The first-order valence-corrected chi connectivity index (χ1v) is 10.3. The fourth-order valence-corrected chi connectivity index (χ4v) is 3.58. The number of benzene rings is 1. The van der Waals surface area contributed by atoms with Gasteiger partial charge in [-0.2, -0.15) is 0 Å². The molecule has 2 heterocycles. The predicted molar refractivity (Wildman–Crippen MR) is 105 cm³/mol. The van der Waals surface area contributed by atoms with Crippen LogP contribution < -0.4 is 0 Å². The van der Waals surface area contributed by atoms with E-state index in [0.717, 1.165) is 12.0 Å². The summed E-state index contributed by atoms with van der Waals surface area (Å²) in [4.78, 5) is 37.7. The molecule has 0 aliphatic carbocycles. The standard InChI is InChI=1S/C20H24N4O2S/c1-3-17-14-23(19(26)16-11-21-20(27-2)22-12-16)10-9-18(25)24(17)13-15-7-5-4-6-8-15/h4-8,11-12,17H,3,9-10,13-14H2,1-2H3/t17-/m1/s1. The van der Waals surface area contributed by atoms with Crippen molar-refractivity contribution in [2.24, 2.45) is 0 Å². The zero-order valence-electron chi connectivity index (χ0n) is 15.7. The lowest BCUT2D eigenvalue weighted by Crippen LogP contribution is -2.43. The van der Waals surface area contributed by atoms with Gasteiger partial charge in [0.1, 0.15) is 0 Å². The van der Waals surface area contributed by atoms with Gasteiger partial charge in [0.05, 0.1) is 5.56 Å². The van der Waals surface area contributed by atoms with Gasteiger partial charge in [-0.1, -0.05) is 49.0 Å². The van der Waals surface area contributed by atoms with Gasteiger partial charge in [0, 0.05) is 44.5 Å². The van der Waals surface area contributed by atoms with Crippen LogP contribution in [-0.2, 0) is 11.3 Å². The Bertz CT molecular complexity index is 782. The summed E-state index contributed by atoms with van der Waals surface area (Å²) in [5.41, 5.74) is 1.57. The van der Waals surface area contributed by atoms with Gasteiger partial charge in [0.2, 0.25) is 5.91 Å². The van der Waals surface area contributed by atoms with Crippen molar-refractivity contribution >= 4 is 23.6 Å². The van der Waals surface area contributed by atoms with E-state index in [0.29, 0.717) is 36.8 Å². The summed E-state index contributed by atoms with van der Waals surface area (Å²) in [6.45, 7) is 3.58. The van der Waals surface area contributed by atoms with Crippen LogP contribution in [0.25, 0.3) is 0 Å². The summed E-state index contributed by atoms with van der Waals surface area (Å²) < 4.78 is 0. The van der Waals surface area contributed by atoms with Crippen molar-refractivity contribution in [2.75, 3.05) is 19.3 Å². The highest BCUT2D eigenvalue weighted by Gasteiger charge is 2.31. The van der Waals surface area contributed by atoms with E-state index >= 15 is 0 Å². The third-order valence-electron chi connectivity index (χ3n) is 4.80. The molecule has 1 atom stereocenters. The lowest BCUT2D eigenvalue weighted by molar-refractivity contribution is -0.133. The monoisotopic (exact) mass is 384 g/mol. The fourth-order valence-electron chi connectivity index (χ4n) is 3.27. The molecule has 1 aromatic heterocycles. The third-order valence-corrected chi connectivity index (χ3v) is 5.38. The van der Waals surface area contributed by atoms with Gasteiger partial charge in [0.25, 0.3) is 5.91 Å². The van der Waals surface area contributed by atoms with Crippen LogP contribution in [0, 0.1) is 0 Å². The highest BCUT2D eigenvalue weighted by Crippen LogP contribution is 2.19. The molecular formula is C20H24N4O2S. The highest BCUT2D eigenvalue weighted by molar-refractivity contribution is 7.98. The van der Waals surface area contributed by atoms with Crippen LogP contribution in [0.3, 0.4) is 0 Å². The van der Waals surface area contributed by atoms with Crippen LogP contribution in [0.4, 0.5) is 0 Å². The minimum absolute atomic E-state index is 0.00412. The Morgan fingerprint density at radius 3 is 2.56 bits per heavy atom. The second-order valence-corrected chi connectivity index (χ2v) is 7.30. The van der Waals surface area contributed by atoms with Gasteiger partial charge < -0.3 is 9.80 Å². The SMILES string of the molecule is CC[C@@H]1CN(C(=O)c2cnc(SC)nc2)CCC(=O)N1Cc1ccccc1. The maximum atomic E-state index is 12.9. The number of rotatable bonds is 5. The molecule has 142 valence electrons. The summed E-state index contributed by atoms with van der Waals surface area (Å²) in [6.07, 6.45) is 6.15. The van der Waals surface area contributed by atoms with E-state index in [9.17, 15) is 9.59 Å². The Kier molecular flexibility index (Phi) is 6.45. The molecule has 1 fully saturated rings. The normalized spacial score (nSPS) is 17.7. The van der Waals surface area contributed by atoms with E-state index in [-0.39, 0.29) is 17.9 Å². The first kappa shape index (κ1) is 19.4. The first-order chi connectivity index (χ1) is 13.1. The molecule has 1 aliphatic rings. The quantitative estimate of drug-likeness (QED) is 0.586. The number of hydrogen-bond acceptors (Lipinski definition) is 5. The number of carbonyl (C=O) groups is 2. The molecule has 0 saturated carbocycles. The maximum absolute atomic E-state index is 12.9. The van der Waals surface area contributed by atoms with Crippen molar-refractivity contribution in [3.8, 4) is 0 Å². The number of nitrogens with zero attached hydrogens (tertiary/aromatic N) is 4. The van der Waals surface area contributed by atoms with Crippen molar-refractivity contribution < 1.29 is 9.59 Å². The molecule has 1 aliphatic heterocycles. The third kappa shape index (κ3) is 4.66. The zero-order chi connectivity index (χ0) is 19.2. The van der Waals surface area contributed by atoms with Crippen molar-refractivity contribution in [3.05, 3.63) is 53.9 Å². The summed E-state index contributed by atoms with van der Waals surface area (Å²) >= 11 is 1.44. The number of thioether (sulfide) groups is 1. The van der Waals surface area contributed by atoms with Gasteiger partial charge >= 0.3 is 0 Å². The Balaban J connectivity index is 1.76. The number of amides is 2. The second kappa shape index (κ2) is 8.99. The van der Waals surface area contributed by atoms with Crippen LogP contribution in [0.2, 0.25) is 0 Å². The molecule has 0 N–H and O–H groups in total. The van der Waals surface area contributed by atoms with E-state index in [1.807, 2.05) is 41.5 Å². The Labute approximate surface area is 164 Å². The van der Waals surface area contributed by atoms with E-state index in [1.54, 1.807) is 17.3 Å². The molecule has 0 unspecified atom stereocenters. The van der Waals surface area contributed by atoms with Gasteiger partial charge in [0.15, 0.2) is 5.16 Å². The van der Waals surface area contributed by atoms with Gasteiger partial charge in [-0.05, 0) is 18.2 Å². The maximum Gasteiger partial charge on any atom is 0.257 e. The first-order valence-electron chi connectivity index (χ1n) is 9.11. The van der Waals surface area contributed by atoms with Crippen molar-refractivity contribution in [3.63, 3.8) is 0 Å². The molecule has 0 spiro atoms. The molecule has 7 heteroatoms. The van der Waals surface area contributed by atoms with Gasteiger partial charge in [-0.25, -0.2) is 9.97 Å². The Morgan fingerprint density at radius 2 is 1.93 bits per heavy atom. The topological polar surface area (TPSA) is 66.4 Å². The van der Waals surface area contributed by atoms with E-state index in [1.165, 1.54) is 11.8 Å². The van der Waals surface area contributed by atoms with Crippen LogP contribution in [-0.4, -0.2) is 57.0 Å². The lowest BCUT2D eigenvalue weighted by atomic mass is 10.1. The molecule has 3 rings (SSSR count). The number of carbonyl (C=O) groups excluding carboxylic acids is 2. The van der Waals surface area contributed by atoms with Crippen LogP contribution >= 0.6 is 11.8 Å². The number of hydrogen-bond donors (Lipinski definition) is 0. The van der Waals surface area contributed by atoms with E-state index < -0.39 is 0 Å². The van der Waals surface area contributed by atoms with E-state index in [4.69, 9.17) is 0 Å². The average molecular weight is 385 g/mol. The van der Waals surface area contributed by atoms with Crippen molar-refractivity contribution in [2.45, 2.75) is 37.5 Å². The molecule has 6 nitrogen and oxygen atoms in total.